The number of hydrogen-bond donors (Lipinski definition) is 1. The first kappa shape index (κ1) is 12.8. The Morgan fingerprint density at radius 1 is 1.33 bits per heavy atom. The molecular weight excluding hydrogens is 262 g/mol. The molecule has 0 aromatic heterocycles. The molecule has 1 aromatic rings. The van der Waals surface area contributed by atoms with Crippen LogP contribution in [0.5, 0.6) is 0 Å². The maximum absolute atomic E-state index is 6.17. The summed E-state index contributed by atoms with van der Waals surface area (Å²) in [5.74, 6) is 3.31. The zero-order valence-electron chi connectivity index (χ0n) is 10.6. The molecule has 2 aliphatic heterocycles. The van der Waals surface area contributed by atoms with E-state index in [1.165, 1.54) is 42.9 Å². The Bertz CT molecular complexity index is 406. The minimum atomic E-state index is 0.513. The highest BCUT2D eigenvalue weighted by atomic mass is 35.5. The molecule has 3 rings (SSSR count). The van der Waals surface area contributed by atoms with Crippen molar-refractivity contribution in [1.29, 1.82) is 0 Å². The molecule has 0 radical (unpaired) electrons. The first-order valence-corrected chi connectivity index (χ1v) is 8.37. The maximum Gasteiger partial charge on any atom is 0.0408 e. The van der Waals surface area contributed by atoms with E-state index in [4.69, 9.17) is 11.6 Å². The molecule has 18 heavy (non-hydrogen) atoms. The van der Waals surface area contributed by atoms with E-state index in [2.05, 4.69) is 35.3 Å². The van der Waals surface area contributed by atoms with Crippen molar-refractivity contribution in [2.75, 3.05) is 24.6 Å². The number of nitrogens with one attached hydrogen (secondary N) is 1. The van der Waals surface area contributed by atoms with Gasteiger partial charge in [0.15, 0.2) is 0 Å². The summed E-state index contributed by atoms with van der Waals surface area (Å²) in [6.07, 6.45) is 4.08. The fourth-order valence-corrected chi connectivity index (χ4v) is 5.10. The fourth-order valence-electron chi connectivity index (χ4n) is 3.52. The summed E-state index contributed by atoms with van der Waals surface area (Å²) >= 11 is 8.31. The highest BCUT2D eigenvalue weighted by molar-refractivity contribution is 7.99. The van der Waals surface area contributed by atoms with Crippen LogP contribution in [0.25, 0.3) is 0 Å². The van der Waals surface area contributed by atoms with E-state index in [9.17, 15) is 0 Å². The quantitative estimate of drug-likeness (QED) is 0.837. The summed E-state index contributed by atoms with van der Waals surface area (Å²) in [4.78, 5) is 0. The molecule has 2 saturated heterocycles. The van der Waals surface area contributed by atoms with Crippen molar-refractivity contribution in [1.82, 2.24) is 5.32 Å². The molecule has 2 unspecified atom stereocenters. The Hall–Kier alpha value is -0.180. The van der Waals surface area contributed by atoms with Gasteiger partial charge in [0.1, 0.15) is 0 Å². The van der Waals surface area contributed by atoms with E-state index in [1.54, 1.807) is 0 Å². The van der Waals surface area contributed by atoms with Crippen LogP contribution in [0.3, 0.4) is 0 Å². The van der Waals surface area contributed by atoms with E-state index in [0.29, 0.717) is 11.3 Å². The molecule has 1 spiro atoms. The Morgan fingerprint density at radius 2 is 2.28 bits per heavy atom. The van der Waals surface area contributed by atoms with E-state index < -0.39 is 0 Å². The van der Waals surface area contributed by atoms with Crippen LogP contribution in [-0.2, 0) is 0 Å². The van der Waals surface area contributed by atoms with Crippen LogP contribution >= 0.6 is 23.4 Å². The fraction of sp³-hybridized carbons (Fsp3) is 0.600. The summed E-state index contributed by atoms with van der Waals surface area (Å²) in [6, 6.07) is 8.49. The normalized spacial score (nSPS) is 32.6. The van der Waals surface area contributed by atoms with Crippen LogP contribution in [0.1, 0.15) is 30.7 Å². The molecule has 98 valence electrons. The molecule has 0 aliphatic carbocycles. The lowest BCUT2D eigenvalue weighted by molar-refractivity contribution is 0.173. The van der Waals surface area contributed by atoms with Gasteiger partial charge in [0.2, 0.25) is 0 Å². The van der Waals surface area contributed by atoms with Gasteiger partial charge in [-0.3, -0.25) is 0 Å². The summed E-state index contributed by atoms with van der Waals surface area (Å²) in [6.45, 7) is 2.29. The van der Waals surface area contributed by atoms with E-state index >= 15 is 0 Å². The van der Waals surface area contributed by atoms with Gasteiger partial charge in [0.05, 0.1) is 0 Å². The standard InChI is InChI=1S/C15H20ClNS/c16-13-4-1-3-12(9-13)14-10-17-7-6-15(14)5-2-8-18-11-15/h1,3-4,9,14,17H,2,5-8,10-11H2. The Kier molecular flexibility index (Phi) is 3.88. The summed E-state index contributed by atoms with van der Waals surface area (Å²) in [5.41, 5.74) is 1.94. The topological polar surface area (TPSA) is 12.0 Å². The second kappa shape index (κ2) is 5.44. The van der Waals surface area contributed by atoms with Gasteiger partial charge in [-0.25, -0.2) is 0 Å². The van der Waals surface area contributed by atoms with Gasteiger partial charge in [-0.15, -0.1) is 0 Å². The molecule has 0 amide bonds. The minimum absolute atomic E-state index is 0.513. The average Bonchev–Trinajstić information content (AvgIpc) is 2.40. The van der Waals surface area contributed by atoms with Gasteiger partial charge in [-0.2, -0.15) is 11.8 Å². The molecule has 1 N–H and O–H groups in total. The second-order valence-electron chi connectivity index (χ2n) is 5.58. The van der Waals surface area contributed by atoms with Gasteiger partial charge in [-0.1, -0.05) is 23.7 Å². The third-order valence-corrected chi connectivity index (χ3v) is 6.08. The van der Waals surface area contributed by atoms with Crippen molar-refractivity contribution < 1.29 is 0 Å². The molecule has 3 heteroatoms. The molecular formula is C15H20ClNS. The van der Waals surface area contributed by atoms with Crippen molar-refractivity contribution in [2.45, 2.75) is 25.2 Å². The van der Waals surface area contributed by atoms with Crippen LogP contribution < -0.4 is 5.32 Å². The van der Waals surface area contributed by atoms with E-state index in [0.717, 1.165) is 11.6 Å². The van der Waals surface area contributed by atoms with Crippen LogP contribution in [0.2, 0.25) is 5.02 Å². The van der Waals surface area contributed by atoms with Crippen LogP contribution in [0, 0.1) is 5.41 Å². The van der Waals surface area contributed by atoms with Crippen molar-refractivity contribution >= 4 is 23.4 Å². The number of piperidine rings is 1. The molecule has 1 aromatic carbocycles. The summed E-state index contributed by atoms with van der Waals surface area (Å²) < 4.78 is 0. The summed E-state index contributed by atoms with van der Waals surface area (Å²) in [7, 11) is 0. The molecule has 0 saturated carbocycles. The highest BCUT2D eigenvalue weighted by Crippen LogP contribution is 2.49. The minimum Gasteiger partial charge on any atom is -0.316 e. The van der Waals surface area contributed by atoms with Crippen LogP contribution in [-0.4, -0.2) is 24.6 Å². The summed E-state index contributed by atoms with van der Waals surface area (Å²) in [5, 5.41) is 4.44. The van der Waals surface area contributed by atoms with Gasteiger partial charge >= 0.3 is 0 Å². The number of benzene rings is 1. The predicted octanol–water partition coefficient (Wildman–Crippen LogP) is 3.93. The lowest BCUT2D eigenvalue weighted by atomic mass is 9.66. The number of rotatable bonds is 1. The molecule has 0 bridgehead atoms. The Balaban J connectivity index is 1.91. The van der Waals surface area contributed by atoms with Crippen molar-refractivity contribution in [3.05, 3.63) is 34.9 Å². The predicted molar refractivity (Wildman–Crippen MR) is 80.7 cm³/mol. The van der Waals surface area contributed by atoms with Crippen molar-refractivity contribution in [3.8, 4) is 0 Å². The van der Waals surface area contributed by atoms with Gasteiger partial charge in [-0.05, 0) is 60.4 Å². The monoisotopic (exact) mass is 281 g/mol. The highest BCUT2D eigenvalue weighted by Gasteiger charge is 2.42. The lowest BCUT2D eigenvalue weighted by Crippen LogP contribution is -2.46. The van der Waals surface area contributed by atoms with Crippen LogP contribution in [0.4, 0.5) is 0 Å². The lowest BCUT2D eigenvalue weighted by Gasteiger charge is -2.47. The average molecular weight is 282 g/mol. The smallest absolute Gasteiger partial charge is 0.0408 e. The van der Waals surface area contributed by atoms with Gasteiger partial charge in [0.25, 0.3) is 0 Å². The Labute approximate surface area is 119 Å². The van der Waals surface area contributed by atoms with E-state index in [1.807, 2.05) is 6.07 Å². The number of thioether (sulfide) groups is 1. The maximum atomic E-state index is 6.17. The van der Waals surface area contributed by atoms with Gasteiger partial charge in [0, 0.05) is 17.5 Å². The van der Waals surface area contributed by atoms with E-state index in [-0.39, 0.29) is 0 Å². The third kappa shape index (κ3) is 2.43. The van der Waals surface area contributed by atoms with Crippen molar-refractivity contribution in [2.24, 2.45) is 5.41 Å². The molecule has 2 fully saturated rings. The van der Waals surface area contributed by atoms with Crippen LogP contribution in [0.15, 0.2) is 24.3 Å². The van der Waals surface area contributed by atoms with Crippen molar-refractivity contribution in [3.63, 3.8) is 0 Å². The second-order valence-corrected chi connectivity index (χ2v) is 7.12. The third-order valence-electron chi connectivity index (χ3n) is 4.49. The molecule has 1 nitrogen and oxygen atoms in total. The zero-order valence-corrected chi connectivity index (χ0v) is 12.2. The molecule has 2 aliphatic rings. The first-order valence-electron chi connectivity index (χ1n) is 6.84. The zero-order chi connectivity index (χ0) is 12.4. The largest absolute Gasteiger partial charge is 0.316 e. The SMILES string of the molecule is Clc1cccc(C2CNCCC23CCCSC3)c1. The molecule has 2 atom stereocenters. The number of hydrogen-bond acceptors (Lipinski definition) is 2. The van der Waals surface area contributed by atoms with Gasteiger partial charge < -0.3 is 5.32 Å². The number of halogens is 1. The first-order chi connectivity index (χ1) is 8.80. The molecule has 2 heterocycles. The Morgan fingerprint density at radius 3 is 3.06 bits per heavy atom.